The van der Waals surface area contributed by atoms with Crippen molar-refractivity contribution in [2.75, 3.05) is 0 Å². The van der Waals surface area contributed by atoms with Crippen LogP contribution in [0.15, 0.2) is 0 Å². The Hall–Kier alpha value is -0.570. The highest BCUT2D eigenvalue weighted by molar-refractivity contribution is 5.66. The summed E-state index contributed by atoms with van der Waals surface area (Å²) in [4.78, 5) is 10.2. The second-order valence-electron chi connectivity index (χ2n) is 4.70. The topological polar surface area (TPSA) is 57.5 Å². The van der Waals surface area contributed by atoms with Gasteiger partial charge in [-0.15, -0.1) is 0 Å². The predicted molar refractivity (Wildman–Crippen MR) is 56.2 cm³/mol. The number of unbranched alkanes of at least 4 members (excludes halogenated alkanes) is 1. The maximum Gasteiger partial charge on any atom is 0.303 e. The molecule has 3 heteroatoms. The number of aliphatic hydroxyl groups is 1. The Morgan fingerprint density at radius 1 is 1.36 bits per heavy atom. The number of rotatable bonds is 7. The van der Waals surface area contributed by atoms with Gasteiger partial charge in [0.1, 0.15) is 0 Å². The molecule has 0 aromatic heterocycles. The molecule has 0 radical (unpaired) electrons. The average molecular weight is 202 g/mol. The fraction of sp³-hybridized carbons (Fsp3) is 0.909. The molecule has 0 fully saturated rings. The SMILES string of the molecule is CC(C)CC(C)(O)CCCCC(=O)O. The molecule has 0 aromatic carbocycles. The van der Waals surface area contributed by atoms with E-state index in [-0.39, 0.29) is 6.42 Å². The Morgan fingerprint density at radius 3 is 2.36 bits per heavy atom. The number of hydrogen-bond acceptors (Lipinski definition) is 2. The third-order valence-corrected chi connectivity index (χ3v) is 2.20. The van der Waals surface area contributed by atoms with Crippen LogP contribution in [0.3, 0.4) is 0 Å². The normalized spacial score (nSPS) is 15.5. The smallest absolute Gasteiger partial charge is 0.303 e. The van der Waals surface area contributed by atoms with Gasteiger partial charge in [0.2, 0.25) is 0 Å². The summed E-state index contributed by atoms with van der Waals surface area (Å²) >= 11 is 0. The molecule has 1 atom stereocenters. The summed E-state index contributed by atoms with van der Waals surface area (Å²) in [5, 5.41) is 18.3. The molecular formula is C11H22O3. The average Bonchev–Trinajstić information content (AvgIpc) is 1.95. The zero-order valence-electron chi connectivity index (χ0n) is 9.42. The van der Waals surface area contributed by atoms with E-state index in [0.29, 0.717) is 18.8 Å². The van der Waals surface area contributed by atoms with Gasteiger partial charge in [0.05, 0.1) is 5.60 Å². The summed E-state index contributed by atoms with van der Waals surface area (Å²) in [6, 6.07) is 0. The quantitative estimate of drug-likeness (QED) is 0.623. The first-order valence-electron chi connectivity index (χ1n) is 5.27. The lowest BCUT2D eigenvalue weighted by Gasteiger charge is -2.25. The van der Waals surface area contributed by atoms with Crippen LogP contribution in [0.4, 0.5) is 0 Å². The number of carboxylic acids is 1. The van der Waals surface area contributed by atoms with E-state index < -0.39 is 11.6 Å². The van der Waals surface area contributed by atoms with Crippen LogP contribution in [0.2, 0.25) is 0 Å². The van der Waals surface area contributed by atoms with Crippen molar-refractivity contribution in [3.05, 3.63) is 0 Å². The van der Waals surface area contributed by atoms with Crippen molar-refractivity contribution in [3.63, 3.8) is 0 Å². The molecule has 0 aliphatic rings. The van der Waals surface area contributed by atoms with E-state index >= 15 is 0 Å². The summed E-state index contributed by atoms with van der Waals surface area (Å²) in [5.41, 5.74) is -0.632. The van der Waals surface area contributed by atoms with Crippen LogP contribution in [0.1, 0.15) is 52.9 Å². The number of aliphatic carboxylic acids is 1. The molecule has 84 valence electrons. The first kappa shape index (κ1) is 13.4. The van der Waals surface area contributed by atoms with Gasteiger partial charge in [-0.3, -0.25) is 4.79 Å². The van der Waals surface area contributed by atoms with Crippen LogP contribution in [-0.4, -0.2) is 21.8 Å². The van der Waals surface area contributed by atoms with Crippen molar-refractivity contribution < 1.29 is 15.0 Å². The lowest BCUT2D eigenvalue weighted by Crippen LogP contribution is -2.26. The molecule has 0 aromatic rings. The van der Waals surface area contributed by atoms with Gasteiger partial charge in [0, 0.05) is 6.42 Å². The predicted octanol–water partition coefficient (Wildman–Crippen LogP) is 2.43. The molecule has 0 spiro atoms. The Labute approximate surface area is 86.1 Å². The number of hydrogen-bond donors (Lipinski definition) is 2. The van der Waals surface area contributed by atoms with Crippen molar-refractivity contribution in [1.82, 2.24) is 0 Å². The summed E-state index contributed by atoms with van der Waals surface area (Å²) < 4.78 is 0. The molecule has 0 rings (SSSR count). The van der Waals surface area contributed by atoms with Crippen LogP contribution >= 0.6 is 0 Å². The third-order valence-electron chi connectivity index (χ3n) is 2.20. The van der Waals surface area contributed by atoms with Crippen molar-refractivity contribution >= 4 is 5.97 Å². The largest absolute Gasteiger partial charge is 0.481 e. The fourth-order valence-corrected chi connectivity index (χ4v) is 1.76. The van der Waals surface area contributed by atoms with Gasteiger partial charge in [0.25, 0.3) is 0 Å². The van der Waals surface area contributed by atoms with Gasteiger partial charge in [-0.2, -0.15) is 0 Å². The molecule has 0 aliphatic heterocycles. The molecule has 0 amide bonds. The molecule has 14 heavy (non-hydrogen) atoms. The Balaban J connectivity index is 3.60. The molecule has 0 heterocycles. The number of carboxylic acid groups (broad SMARTS) is 1. The van der Waals surface area contributed by atoms with Gasteiger partial charge in [-0.25, -0.2) is 0 Å². The Morgan fingerprint density at radius 2 is 1.93 bits per heavy atom. The highest BCUT2D eigenvalue weighted by Crippen LogP contribution is 2.22. The van der Waals surface area contributed by atoms with Crippen LogP contribution in [0.25, 0.3) is 0 Å². The van der Waals surface area contributed by atoms with Crippen molar-refractivity contribution in [2.24, 2.45) is 5.92 Å². The van der Waals surface area contributed by atoms with Crippen molar-refractivity contribution in [2.45, 2.75) is 58.5 Å². The molecule has 0 saturated heterocycles. The van der Waals surface area contributed by atoms with Crippen LogP contribution in [0, 0.1) is 5.92 Å². The highest BCUT2D eigenvalue weighted by Gasteiger charge is 2.20. The Bertz CT molecular complexity index is 173. The molecule has 0 bridgehead atoms. The molecule has 0 aliphatic carbocycles. The van der Waals surface area contributed by atoms with Gasteiger partial charge in [-0.1, -0.05) is 20.3 Å². The van der Waals surface area contributed by atoms with E-state index in [1.807, 2.05) is 6.92 Å². The second kappa shape index (κ2) is 6.02. The number of carbonyl (C=O) groups is 1. The van der Waals surface area contributed by atoms with E-state index in [0.717, 1.165) is 12.8 Å². The third kappa shape index (κ3) is 8.05. The molecular weight excluding hydrogens is 180 g/mol. The standard InChI is InChI=1S/C11H22O3/c1-9(2)8-11(3,14)7-5-4-6-10(12)13/h9,14H,4-8H2,1-3H3,(H,12,13). The zero-order valence-corrected chi connectivity index (χ0v) is 9.42. The molecule has 3 nitrogen and oxygen atoms in total. The summed E-state index contributed by atoms with van der Waals surface area (Å²) in [5.74, 6) is -0.280. The summed E-state index contributed by atoms with van der Waals surface area (Å²) in [6.45, 7) is 5.98. The fourth-order valence-electron chi connectivity index (χ4n) is 1.76. The molecule has 1 unspecified atom stereocenters. The van der Waals surface area contributed by atoms with Crippen LogP contribution in [-0.2, 0) is 4.79 Å². The monoisotopic (exact) mass is 202 g/mol. The minimum absolute atomic E-state index is 0.206. The van der Waals surface area contributed by atoms with E-state index in [1.54, 1.807) is 0 Å². The van der Waals surface area contributed by atoms with Crippen molar-refractivity contribution in [3.8, 4) is 0 Å². The van der Waals surface area contributed by atoms with Gasteiger partial charge >= 0.3 is 5.97 Å². The van der Waals surface area contributed by atoms with Gasteiger partial charge in [-0.05, 0) is 32.1 Å². The van der Waals surface area contributed by atoms with Gasteiger partial charge < -0.3 is 10.2 Å². The maximum atomic E-state index is 10.2. The minimum atomic E-state index is -0.756. The Kier molecular flexibility index (Phi) is 5.77. The van der Waals surface area contributed by atoms with Crippen LogP contribution in [0.5, 0.6) is 0 Å². The van der Waals surface area contributed by atoms with E-state index in [2.05, 4.69) is 13.8 Å². The van der Waals surface area contributed by atoms with Gasteiger partial charge in [0.15, 0.2) is 0 Å². The highest BCUT2D eigenvalue weighted by atomic mass is 16.4. The second-order valence-corrected chi connectivity index (χ2v) is 4.70. The maximum absolute atomic E-state index is 10.2. The van der Waals surface area contributed by atoms with E-state index in [9.17, 15) is 9.90 Å². The summed E-state index contributed by atoms with van der Waals surface area (Å²) in [7, 11) is 0. The van der Waals surface area contributed by atoms with Crippen molar-refractivity contribution in [1.29, 1.82) is 0 Å². The molecule has 2 N–H and O–H groups in total. The first-order chi connectivity index (χ1) is 6.33. The van der Waals surface area contributed by atoms with E-state index in [1.165, 1.54) is 0 Å². The van der Waals surface area contributed by atoms with Crippen LogP contribution < -0.4 is 0 Å². The first-order valence-corrected chi connectivity index (χ1v) is 5.27. The lowest BCUT2D eigenvalue weighted by molar-refractivity contribution is -0.137. The zero-order chi connectivity index (χ0) is 11.2. The van der Waals surface area contributed by atoms with E-state index in [4.69, 9.17) is 5.11 Å². The lowest BCUT2D eigenvalue weighted by atomic mass is 9.89. The minimum Gasteiger partial charge on any atom is -0.481 e. The molecule has 0 saturated carbocycles. The summed E-state index contributed by atoms with van der Waals surface area (Å²) in [6.07, 6.45) is 3.12.